The third-order valence-electron chi connectivity index (χ3n) is 4.96. The number of hydrogen-bond acceptors (Lipinski definition) is 3. The number of aromatic nitrogens is 2. The normalized spacial score (nSPS) is 14.5. The van der Waals surface area contributed by atoms with Crippen molar-refractivity contribution in [1.29, 1.82) is 0 Å². The van der Waals surface area contributed by atoms with Gasteiger partial charge in [0.2, 0.25) is 0 Å². The molecule has 0 saturated carbocycles. The van der Waals surface area contributed by atoms with Crippen molar-refractivity contribution < 1.29 is 9.90 Å². The number of aryl methyl sites for hydroxylation is 2. The molecule has 1 atom stereocenters. The van der Waals surface area contributed by atoms with Gasteiger partial charge in [-0.2, -0.15) is 5.10 Å². The number of aliphatic hydroxyl groups is 1. The minimum atomic E-state index is -0.221. The van der Waals surface area contributed by atoms with E-state index in [1.807, 2.05) is 11.6 Å². The zero-order valence-corrected chi connectivity index (χ0v) is 14.8. The van der Waals surface area contributed by atoms with Crippen LogP contribution >= 0.6 is 0 Å². The van der Waals surface area contributed by atoms with E-state index in [1.165, 1.54) is 5.56 Å². The molecule has 1 aliphatic carbocycles. The van der Waals surface area contributed by atoms with E-state index < -0.39 is 0 Å². The molecule has 0 bridgehead atoms. The lowest BCUT2D eigenvalue weighted by molar-refractivity contribution is 0.0675. The van der Waals surface area contributed by atoms with Gasteiger partial charge in [0, 0.05) is 18.3 Å². The number of benzene rings is 1. The first-order chi connectivity index (χ1) is 11.4. The highest BCUT2D eigenvalue weighted by atomic mass is 16.3. The minimum Gasteiger partial charge on any atom is -0.394 e. The Labute approximate surface area is 142 Å². The van der Waals surface area contributed by atoms with Crippen LogP contribution in [0.1, 0.15) is 46.2 Å². The van der Waals surface area contributed by atoms with Crippen molar-refractivity contribution in [2.45, 2.75) is 46.1 Å². The maximum absolute atomic E-state index is 12.8. The molecule has 0 spiro atoms. The summed E-state index contributed by atoms with van der Waals surface area (Å²) in [4.78, 5) is 14.4. The van der Waals surface area contributed by atoms with Crippen molar-refractivity contribution in [3.05, 3.63) is 46.3 Å². The lowest BCUT2D eigenvalue weighted by Crippen LogP contribution is -2.38. The van der Waals surface area contributed by atoms with Gasteiger partial charge < -0.3 is 10.0 Å². The van der Waals surface area contributed by atoms with Crippen molar-refractivity contribution in [2.75, 3.05) is 13.7 Å². The number of nitrogens with zero attached hydrogens (tertiary/aromatic N) is 3. The number of aliphatic hydroxyl groups excluding tert-OH is 1. The van der Waals surface area contributed by atoms with E-state index in [0.29, 0.717) is 5.69 Å². The average Bonchev–Trinajstić information content (AvgIpc) is 3.15. The van der Waals surface area contributed by atoms with E-state index in [4.69, 9.17) is 0 Å². The molecule has 0 aliphatic heterocycles. The molecule has 1 aromatic heterocycles. The van der Waals surface area contributed by atoms with Crippen LogP contribution in [0.3, 0.4) is 0 Å². The molecule has 2 aromatic rings. The smallest absolute Gasteiger partial charge is 0.274 e. The third kappa shape index (κ3) is 2.73. The first-order valence-corrected chi connectivity index (χ1v) is 8.50. The summed E-state index contributed by atoms with van der Waals surface area (Å²) < 4.78 is 1.95. The lowest BCUT2D eigenvalue weighted by Gasteiger charge is -2.22. The van der Waals surface area contributed by atoms with Crippen LogP contribution in [-0.4, -0.2) is 45.4 Å². The molecule has 1 unspecified atom stereocenters. The first-order valence-electron chi connectivity index (χ1n) is 8.50. The summed E-state index contributed by atoms with van der Waals surface area (Å²) in [5, 5.41) is 14.0. The van der Waals surface area contributed by atoms with Crippen molar-refractivity contribution in [2.24, 2.45) is 0 Å². The van der Waals surface area contributed by atoms with Crippen LogP contribution in [0.5, 0.6) is 0 Å². The topological polar surface area (TPSA) is 58.4 Å². The number of rotatable bonds is 4. The largest absolute Gasteiger partial charge is 0.394 e. The maximum Gasteiger partial charge on any atom is 0.274 e. The number of hydrogen-bond donors (Lipinski definition) is 1. The Balaban J connectivity index is 2.07. The molecule has 0 saturated heterocycles. The highest BCUT2D eigenvalue weighted by Gasteiger charge is 2.30. The van der Waals surface area contributed by atoms with Gasteiger partial charge in [-0.25, -0.2) is 4.68 Å². The fourth-order valence-corrected chi connectivity index (χ4v) is 3.34. The summed E-state index contributed by atoms with van der Waals surface area (Å²) in [5.74, 6) is -0.113. The van der Waals surface area contributed by atoms with E-state index in [0.717, 1.165) is 41.8 Å². The van der Waals surface area contributed by atoms with Gasteiger partial charge >= 0.3 is 0 Å². The van der Waals surface area contributed by atoms with Gasteiger partial charge in [-0.05, 0) is 51.7 Å². The number of carbonyl (C=O) groups is 1. The van der Waals surface area contributed by atoms with Gasteiger partial charge in [0.05, 0.1) is 18.3 Å². The maximum atomic E-state index is 12.8. The van der Waals surface area contributed by atoms with E-state index in [1.54, 1.807) is 11.9 Å². The number of amides is 1. The Bertz CT molecular complexity index is 779. The second-order valence-corrected chi connectivity index (χ2v) is 6.78. The van der Waals surface area contributed by atoms with Gasteiger partial charge in [0.1, 0.15) is 0 Å². The zero-order valence-electron chi connectivity index (χ0n) is 14.8. The summed E-state index contributed by atoms with van der Waals surface area (Å²) in [7, 11) is 1.72. The molecule has 3 rings (SSSR count). The van der Waals surface area contributed by atoms with E-state index in [9.17, 15) is 9.90 Å². The molecule has 1 N–H and O–H groups in total. The van der Waals surface area contributed by atoms with Gasteiger partial charge in [-0.3, -0.25) is 4.79 Å². The van der Waals surface area contributed by atoms with Gasteiger partial charge in [-0.15, -0.1) is 0 Å². The summed E-state index contributed by atoms with van der Waals surface area (Å²) >= 11 is 0. The van der Waals surface area contributed by atoms with E-state index in [-0.39, 0.29) is 18.6 Å². The molecule has 24 heavy (non-hydrogen) atoms. The van der Waals surface area contributed by atoms with Crippen LogP contribution in [-0.2, 0) is 12.8 Å². The molecule has 0 fully saturated rings. The number of likely N-dealkylation sites (N-methyl/N-ethyl adjacent to an activating group) is 1. The Hall–Kier alpha value is -2.14. The molecular formula is C19H25N3O2. The van der Waals surface area contributed by atoms with Crippen LogP contribution in [0.2, 0.25) is 0 Å². The summed E-state index contributed by atoms with van der Waals surface area (Å²) in [6.45, 7) is 5.93. The third-order valence-corrected chi connectivity index (χ3v) is 4.96. The molecule has 1 aliphatic rings. The highest BCUT2D eigenvalue weighted by Crippen LogP contribution is 2.29. The predicted molar refractivity (Wildman–Crippen MR) is 93.7 cm³/mol. The van der Waals surface area contributed by atoms with E-state index in [2.05, 4.69) is 37.1 Å². The zero-order chi connectivity index (χ0) is 17.4. The minimum absolute atomic E-state index is 0.0534. The summed E-state index contributed by atoms with van der Waals surface area (Å²) in [6, 6.07) is 6.07. The lowest BCUT2D eigenvalue weighted by atomic mass is 10.1. The SMILES string of the molecule is Cc1ccc(-n2nc(C(=O)N(C)C(C)CO)c3c2CCC3)c(C)c1. The van der Waals surface area contributed by atoms with E-state index >= 15 is 0 Å². The highest BCUT2D eigenvalue weighted by molar-refractivity contribution is 5.94. The van der Waals surface area contributed by atoms with Crippen LogP contribution in [0.25, 0.3) is 5.69 Å². The molecule has 5 nitrogen and oxygen atoms in total. The standard InChI is InChI=1S/C19H25N3O2/c1-12-8-9-16(13(2)10-12)22-17-7-5-6-15(17)18(20-22)19(24)21(4)14(3)11-23/h8-10,14,23H,5-7,11H2,1-4H3. The van der Waals surface area contributed by atoms with Crippen molar-refractivity contribution in [1.82, 2.24) is 14.7 Å². The monoisotopic (exact) mass is 327 g/mol. The summed E-state index contributed by atoms with van der Waals surface area (Å²) in [5.41, 5.74) is 6.16. The van der Waals surface area contributed by atoms with Crippen LogP contribution in [0, 0.1) is 13.8 Å². The molecule has 128 valence electrons. The van der Waals surface area contributed by atoms with Crippen molar-refractivity contribution in [3.63, 3.8) is 0 Å². The summed E-state index contributed by atoms with van der Waals surface area (Å²) in [6.07, 6.45) is 2.89. The predicted octanol–water partition coefficient (Wildman–Crippen LogP) is 2.43. The Morgan fingerprint density at radius 3 is 2.79 bits per heavy atom. The molecule has 5 heteroatoms. The first kappa shape index (κ1) is 16.7. The fraction of sp³-hybridized carbons (Fsp3) is 0.474. The molecule has 1 aromatic carbocycles. The fourth-order valence-electron chi connectivity index (χ4n) is 3.34. The van der Waals surface area contributed by atoms with Crippen LogP contribution in [0.15, 0.2) is 18.2 Å². The quantitative estimate of drug-likeness (QED) is 0.938. The Kier molecular flexibility index (Phi) is 4.45. The molecule has 0 radical (unpaired) electrons. The van der Waals surface area contributed by atoms with Gasteiger partial charge in [-0.1, -0.05) is 17.7 Å². The second kappa shape index (κ2) is 6.40. The molecular weight excluding hydrogens is 302 g/mol. The average molecular weight is 327 g/mol. The van der Waals surface area contributed by atoms with Gasteiger partial charge in [0.15, 0.2) is 5.69 Å². The van der Waals surface area contributed by atoms with Crippen molar-refractivity contribution >= 4 is 5.91 Å². The van der Waals surface area contributed by atoms with Gasteiger partial charge in [0.25, 0.3) is 5.91 Å². The molecule has 1 amide bonds. The Morgan fingerprint density at radius 2 is 2.12 bits per heavy atom. The Morgan fingerprint density at radius 1 is 1.38 bits per heavy atom. The molecule has 1 heterocycles. The van der Waals surface area contributed by atoms with Crippen LogP contribution in [0.4, 0.5) is 0 Å². The van der Waals surface area contributed by atoms with Crippen LogP contribution < -0.4 is 0 Å². The second-order valence-electron chi connectivity index (χ2n) is 6.78. The number of carbonyl (C=O) groups excluding carboxylic acids is 1. The number of fused-ring (bicyclic) bond motifs is 1. The van der Waals surface area contributed by atoms with Crippen molar-refractivity contribution in [3.8, 4) is 5.69 Å².